The Morgan fingerprint density at radius 3 is 2.83 bits per heavy atom. The molecule has 2 fully saturated rings. The zero-order chi connectivity index (χ0) is 16.1. The third kappa shape index (κ3) is 4.59. The molecule has 2 aliphatic rings. The predicted molar refractivity (Wildman–Crippen MR) is 92.0 cm³/mol. The second-order valence-electron chi connectivity index (χ2n) is 6.31. The first-order valence-corrected chi connectivity index (χ1v) is 8.71. The van der Waals surface area contributed by atoms with Crippen molar-refractivity contribution in [3.8, 4) is 0 Å². The summed E-state index contributed by atoms with van der Waals surface area (Å²) in [6.07, 6.45) is 3.41. The summed E-state index contributed by atoms with van der Waals surface area (Å²) in [5, 5.41) is 6.31. The van der Waals surface area contributed by atoms with E-state index in [1.54, 1.807) is 12.1 Å². The number of urea groups is 1. The topological polar surface area (TPSA) is 53.6 Å². The Balaban J connectivity index is 1.40. The van der Waals surface area contributed by atoms with Crippen molar-refractivity contribution in [2.45, 2.75) is 25.3 Å². The minimum Gasteiger partial charge on any atom is -0.381 e. The fourth-order valence-electron chi connectivity index (χ4n) is 3.38. The van der Waals surface area contributed by atoms with E-state index in [2.05, 4.69) is 15.5 Å². The molecule has 5 nitrogen and oxygen atoms in total. The van der Waals surface area contributed by atoms with E-state index in [4.69, 9.17) is 16.3 Å². The van der Waals surface area contributed by atoms with Gasteiger partial charge in [0.2, 0.25) is 0 Å². The Labute approximate surface area is 142 Å². The lowest BCUT2D eigenvalue weighted by atomic mass is 10.1. The largest absolute Gasteiger partial charge is 0.381 e. The highest BCUT2D eigenvalue weighted by Crippen LogP contribution is 2.23. The van der Waals surface area contributed by atoms with Crippen LogP contribution in [-0.4, -0.2) is 49.8 Å². The third-order valence-electron chi connectivity index (χ3n) is 4.70. The van der Waals surface area contributed by atoms with E-state index in [-0.39, 0.29) is 6.03 Å². The summed E-state index contributed by atoms with van der Waals surface area (Å²) in [5.74, 6) is 0.523. The van der Waals surface area contributed by atoms with Gasteiger partial charge < -0.3 is 15.4 Å². The molecule has 2 saturated heterocycles. The van der Waals surface area contributed by atoms with Crippen molar-refractivity contribution in [1.82, 2.24) is 10.2 Å². The summed E-state index contributed by atoms with van der Waals surface area (Å²) in [6, 6.07) is 7.72. The predicted octanol–water partition coefficient (Wildman–Crippen LogP) is 2.96. The van der Waals surface area contributed by atoms with Crippen molar-refractivity contribution in [1.29, 1.82) is 0 Å². The van der Waals surface area contributed by atoms with E-state index in [1.807, 2.05) is 12.1 Å². The average Bonchev–Trinajstić information content (AvgIpc) is 3.05. The molecule has 23 heavy (non-hydrogen) atoms. The lowest BCUT2D eigenvalue weighted by Gasteiger charge is -2.31. The molecule has 0 bridgehead atoms. The Morgan fingerprint density at radius 1 is 1.26 bits per heavy atom. The van der Waals surface area contributed by atoms with Crippen LogP contribution in [0.5, 0.6) is 0 Å². The maximum absolute atomic E-state index is 12.0. The van der Waals surface area contributed by atoms with Crippen LogP contribution < -0.4 is 10.6 Å². The average molecular weight is 338 g/mol. The van der Waals surface area contributed by atoms with Crippen molar-refractivity contribution in [3.63, 3.8) is 0 Å². The number of hydrogen-bond acceptors (Lipinski definition) is 3. The lowest BCUT2D eigenvalue weighted by Crippen LogP contribution is -2.39. The summed E-state index contributed by atoms with van der Waals surface area (Å²) >= 11 is 6.04. The molecule has 0 aromatic heterocycles. The Morgan fingerprint density at radius 2 is 2.04 bits per heavy atom. The number of benzene rings is 1. The van der Waals surface area contributed by atoms with Gasteiger partial charge in [0.1, 0.15) is 0 Å². The standard InChI is InChI=1S/C17H24ClN3O2/c18-15-3-1-2-4-16(15)20-17(22)19-11-13-5-8-21(12-13)14-6-9-23-10-7-14/h1-4,13-14H,5-12H2,(H2,19,20,22)/t13-/m0/s1. The second kappa shape index (κ2) is 7.99. The molecule has 1 aromatic carbocycles. The van der Waals surface area contributed by atoms with Crippen LogP contribution in [0.25, 0.3) is 0 Å². The van der Waals surface area contributed by atoms with Gasteiger partial charge in [-0.2, -0.15) is 0 Å². The maximum Gasteiger partial charge on any atom is 0.319 e. The molecule has 2 N–H and O–H groups in total. The van der Waals surface area contributed by atoms with Gasteiger partial charge in [-0.05, 0) is 43.9 Å². The van der Waals surface area contributed by atoms with Crippen LogP contribution in [0.15, 0.2) is 24.3 Å². The van der Waals surface area contributed by atoms with Gasteiger partial charge in [-0.25, -0.2) is 4.79 Å². The molecule has 1 atom stereocenters. The SMILES string of the molecule is O=C(NC[C@@H]1CCN(C2CCOCC2)C1)Nc1ccccc1Cl. The van der Waals surface area contributed by atoms with E-state index >= 15 is 0 Å². The van der Waals surface area contributed by atoms with Crippen molar-refractivity contribution < 1.29 is 9.53 Å². The zero-order valence-electron chi connectivity index (χ0n) is 13.3. The van der Waals surface area contributed by atoms with Crippen LogP contribution in [0.1, 0.15) is 19.3 Å². The molecule has 6 heteroatoms. The quantitative estimate of drug-likeness (QED) is 0.888. The smallest absolute Gasteiger partial charge is 0.319 e. The molecule has 3 rings (SSSR count). The molecule has 126 valence electrons. The number of carbonyl (C=O) groups is 1. The van der Waals surface area contributed by atoms with Crippen LogP contribution in [-0.2, 0) is 4.74 Å². The third-order valence-corrected chi connectivity index (χ3v) is 5.03. The summed E-state index contributed by atoms with van der Waals surface area (Å²) in [5.41, 5.74) is 0.641. The van der Waals surface area contributed by atoms with Crippen LogP contribution in [0.2, 0.25) is 5.02 Å². The zero-order valence-corrected chi connectivity index (χ0v) is 14.0. The number of carbonyl (C=O) groups excluding carboxylic acids is 1. The van der Waals surface area contributed by atoms with E-state index in [1.165, 1.54) is 0 Å². The van der Waals surface area contributed by atoms with Crippen LogP contribution >= 0.6 is 11.6 Å². The molecule has 0 unspecified atom stereocenters. The van der Waals surface area contributed by atoms with Gasteiger partial charge in [0, 0.05) is 32.3 Å². The first-order chi connectivity index (χ1) is 11.2. The first-order valence-electron chi connectivity index (χ1n) is 8.33. The van der Waals surface area contributed by atoms with Gasteiger partial charge in [-0.1, -0.05) is 23.7 Å². The monoisotopic (exact) mass is 337 g/mol. The van der Waals surface area contributed by atoms with E-state index in [0.29, 0.717) is 29.2 Å². The van der Waals surface area contributed by atoms with E-state index in [0.717, 1.165) is 45.6 Å². The van der Waals surface area contributed by atoms with Gasteiger partial charge in [0.15, 0.2) is 0 Å². The minimum atomic E-state index is -0.192. The number of nitrogens with zero attached hydrogens (tertiary/aromatic N) is 1. The number of nitrogens with one attached hydrogen (secondary N) is 2. The number of ether oxygens (including phenoxy) is 1. The van der Waals surface area contributed by atoms with Crippen molar-refractivity contribution in [3.05, 3.63) is 29.3 Å². The summed E-state index contributed by atoms with van der Waals surface area (Å²) in [6.45, 7) is 4.66. The normalized spacial score (nSPS) is 22.9. The summed E-state index contributed by atoms with van der Waals surface area (Å²) in [7, 11) is 0. The van der Waals surface area contributed by atoms with E-state index < -0.39 is 0 Å². The maximum atomic E-state index is 12.0. The molecular weight excluding hydrogens is 314 g/mol. The van der Waals surface area contributed by atoms with Crippen molar-refractivity contribution in [2.24, 2.45) is 5.92 Å². The number of halogens is 1. The fraction of sp³-hybridized carbons (Fsp3) is 0.588. The van der Waals surface area contributed by atoms with Crippen LogP contribution in [0, 0.1) is 5.92 Å². The number of rotatable bonds is 4. The second-order valence-corrected chi connectivity index (χ2v) is 6.72. The molecule has 2 heterocycles. The molecule has 1 aromatic rings. The van der Waals surface area contributed by atoms with Gasteiger partial charge >= 0.3 is 6.03 Å². The van der Waals surface area contributed by atoms with Crippen LogP contribution in [0.3, 0.4) is 0 Å². The number of likely N-dealkylation sites (tertiary alicyclic amines) is 1. The van der Waals surface area contributed by atoms with E-state index in [9.17, 15) is 4.79 Å². The Hall–Kier alpha value is -1.30. The Kier molecular flexibility index (Phi) is 5.75. The van der Waals surface area contributed by atoms with Gasteiger partial charge in [-0.3, -0.25) is 4.90 Å². The number of hydrogen-bond donors (Lipinski definition) is 2. The molecule has 0 saturated carbocycles. The summed E-state index contributed by atoms with van der Waals surface area (Å²) in [4.78, 5) is 14.5. The number of amides is 2. The molecular formula is C17H24ClN3O2. The number of anilines is 1. The Bertz CT molecular complexity index is 534. The highest BCUT2D eigenvalue weighted by atomic mass is 35.5. The van der Waals surface area contributed by atoms with Gasteiger partial charge in [0.05, 0.1) is 10.7 Å². The highest BCUT2D eigenvalue weighted by molar-refractivity contribution is 6.33. The van der Waals surface area contributed by atoms with Crippen LogP contribution in [0.4, 0.5) is 10.5 Å². The lowest BCUT2D eigenvalue weighted by molar-refractivity contribution is 0.0412. The van der Waals surface area contributed by atoms with Gasteiger partial charge in [-0.15, -0.1) is 0 Å². The molecule has 0 spiro atoms. The first kappa shape index (κ1) is 16.6. The van der Waals surface area contributed by atoms with Crippen molar-refractivity contribution in [2.75, 3.05) is 38.2 Å². The molecule has 2 amide bonds. The molecule has 0 aliphatic carbocycles. The minimum absolute atomic E-state index is 0.192. The number of para-hydroxylation sites is 1. The molecule has 2 aliphatic heterocycles. The fourth-order valence-corrected chi connectivity index (χ4v) is 3.56. The summed E-state index contributed by atoms with van der Waals surface area (Å²) < 4.78 is 5.43. The van der Waals surface area contributed by atoms with Crippen molar-refractivity contribution >= 4 is 23.3 Å². The van der Waals surface area contributed by atoms with Gasteiger partial charge in [0.25, 0.3) is 0 Å². The highest BCUT2D eigenvalue weighted by Gasteiger charge is 2.29. The molecule has 0 radical (unpaired) electrons.